The SMILES string of the molecule is CC=NC(=O)c1ccncc1. The van der Waals surface area contributed by atoms with Crippen LogP contribution in [0.2, 0.25) is 0 Å². The van der Waals surface area contributed by atoms with Gasteiger partial charge < -0.3 is 0 Å². The zero-order valence-electron chi connectivity index (χ0n) is 6.19. The van der Waals surface area contributed by atoms with Gasteiger partial charge in [-0.05, 0) is 19.1 Å². The van der Waals surface area contributed by atoms with Crippen LogP contribution in [0.4, 0.5) is 0 Å². The minimum Gasteiger partial charge on any atom is -0.267 e. The lowest BCUT2D eigenvalue weighted by molar-refractivity contribution is 0.100. The number of carbonyl (C=O) groups is 1. The molecular formula is C8H8N2O. The third kappa shape index (κ3) is 1.97. The molecule has 0 aliphatic rings. The Morgan fingerprint density at radius 1 is 1.55 bits per heavy atom. The van der Waals surface area contributed by atoms with Crippen molar-refractivity contribution < 1.29 is 4.79 Å². The number of hydrogen-bond donors (Lipinski definition) is 0. The van der Waals surface area contributed by atoms with Gasteiger partial charge in [0.25, 0.3) is 5.91 Å². The van der Waals surface area contributed by atoms with E-state index in [4.69, 9.17) is 0 Å². The summed E-state index contributed by atoms with van der Waals surface area (Å²) in [4.78, 5) is 18.4. The van der Waals surface area contributed by atoms with Gasteiger partial charge in [-0.2, -0.15) is 0 Å². The fourth-order valence-electron chi connectivity index (χ4n) is 0.686. The smallest absolute Gasteiger partial charge is 0.267 e. The van der Waals surface area contributed by atoms with Gasteiger partial charge in [0.05, 0.1) is 0 Å². The van der Waals surface area contributed by atoms with Crippen molar-refractivity contribution in [1.29, 1.82) is 0 Å². The van der Waals surface area contributed by atoms with Crippen LogP contribution in [-0.4, -0.2) is 17.1 Å². The van der Waals surface area contributed by atoms with E-state index < -0.39 is 0 Å². The zero-order valence-corrected chi connectivity index (χ0v) is 6.19. The summed E-state index contributed by atoms with van der Waals surface area (Å²) in [5, 5.41) is 0. The normalized spacial score (nSPS) is 10.3. The first kappa shape index (κ1) is 7.60. The van der Waals surface area contributed by atoms with Crippen LogP contribution in [0.25, 0.3) is 0 Å². The molecule has 0 N–H and O–H groups in total. The summed E-state index contributed by atoms with van der Waals surface area (Å²) in [5.74, 6) is -0.227. The van der Waals surface area contributed by atoms with Crippen LogP contribution < -0.4 is 0 Å². The number of pyridine rings is 1. The second kappa shape index (κ2) is 3.61. The molecule has 0 bridgehead atoms. The molecule has 0 aliphatic heterocycles. The van der Waals surface area contributed by atoms with Gasteiger partial charge in [0.1, 0.15) is 0 Å². The van der Waals surface area contributed by atoms with Gasteiger partial charge >= 0.3 is 0 Å². The van der Waals surface area contributed by atoms with E-state index in [1.54, 1.807) is 31.5 Å². The standard InChI is InChI=1S/C8H8N2O/c1-2-10-8(11)7-3-5-9-6-4-7/h2-6H,1H3. The molecule has 0 saturated carbocycles. The Balaban J connectivity index is 2.86. The van der Waals surface area contributed by atoms with Gasteiger partial charge in [0, 0.05) is 24.2 Å². The molecule has 0 fully saturated rings. The first-order valence-corrected chi connectivity index (χ1v) is 3.27. The third-order valence-electron chi connectivity index (χ3n) is 1.17. The quantitative estimate of drug-likeness (QED) is 0.563. The Kier molecular flexibility index (Phi) is 2.49. The van der Waals surface area contributed by atoms with Crippen molar-refractivity contribution in [3.05, 3.63) is 30.1 Å². The zero-order chi connectivity index (χ0) is 8.10. The highest BCUT2D eigenvalue weighted by atomic mass is 16.1. The highest BCUT2D eigenvalue weighted by Crippen LogP contribution is 1.97. The number of aliphatic imine (C=N–C) groups is 1. The van der Waals surface area contributed by atoms with E-state index in [1.807, 2.05) is 0 Å². The Morgan fingerprint density at radius 2 is 2.18 bits per heavy atom. The van der Waals surface area contributed by atoms with Crippen LogP contribution in [0.5, 0.6) is 0 Å². The average Bonchev–Trinajstić information content (AvgIpc) is 2.07. The lowest BCUT2D eigenvalue weighted by Gasteiger charge is -1.90. The molecule has 3 heteroatoms. The van der Waals surface area contributed by atoms with Crippen molar-refractivity contribution in [2.24, 2.45) is 4.99 Å². The van der Waals surface area contributed by atoms with Crippen LogP contribution in [0, 0.1) is 0 Å². The molecule has 11 heavy (non-hydrogen) atoms. The van der Waals surface area contributed by atoms with Crippen molar-refractivity contribution >= 4 is 12.1 Å². The van der Waals surface area contributed by atoms with E-state index >= 15 is 0 Å². The lowest BCUT2D eigenvalue weighted by Crippen LogP contribution is -1.93. The van der Waals surface area contributed by atoms with Gasteiger partial charge in [-0.15, -0.1) is 0 Å². The topological polar surface area (TPSA) is 42.3 Å². The van der Waals surface area contributed by atoms with Crippen molar-refractivity contribution in [2.75, 3.05) is 0 Å². The van der Waals surface area contributed by atoms with E-state index in [1.165, 1.54) is 6.21 Å². The molecule has 3 nitrogen and oxygen atoms in total. The summed E-state index contributed by atoms with van der Waals surface area (Å²) in [6.45, 7) is 1.71. The highest BCUT2D eigenvalue weighted by molar-refractivity contribution is 5.98. The summed E-state index contributed by atoms with van der Waals surface area (Å²) < 4.78 is 0. The summed E-state index contributed by atoms with van der Waals surface area (Å²) in [6.07, 6.45) is 4.61. The summed E-state index contributed by atoms with van der Waals surface area (Å²) >= 11 is 0. The first-order valence-electron chi connectivity index (χ1n) is 3.27. The molecular weight excluding hydrogens is 140 g/mol. The summed E-state index contributed by atoms with van der Waals surface area (Å²) in [6, 6.07) is 3.27. The fourth-order valence-corrected chi connectivity index (χ4v) is 0.686. The van der Waals surface area contributed by atoms with E-state index in [0.29, 0.717) is 5.56 Å². The maximum absolute atomic E-state index is 11.0. The van der Waals surface area contributed by atoms with E-state index in [2.05, 4.69) is 9.98 Å². The van der Waals surface area contributed by atoms with Crippen molar-refractivity contribution in [3.63, 3.8) is 0 Å². The number of carbonyl (C=O) groups excluding carboxylic acids is 1. The number of aromatic nitrogens is 1. The highest BCUT2D eigenvalue weighted by Gasteiger charge is 1.99. The predicted octanol–water partition coefficient (Wildman–Crippen LogP) is 1.31. The molecule has 0 saturated heterocycles. The molecule has 1 heterocycles. The van der Waals surface area contributed by atoms with Crippen molar-refractivity contribution in [3.8, 4) is 0 Å². The lowest BCUT2D eigenvalue weighted by atomic mass is 10.3. The van der Waals surface area contributed by atoms with E-state index in [9.17, 15) is 4.79 Å². The van der Waals surface area contributed by atoms with Crippen molar-refractivity contribution in [2.45, 2.75) is 6.92 Å². The van der Waals surface area contributed by atoms with Crippen LogP contribution in [0.3, 0.4) is 0 Å². The molecule has 0 aliphatic carbocycles. The molecule has 1 rings (SSSR count). The number of amides is 1. The average molecular weight is 148 g/mol. The van der Waals surface area contributed by atoms with Crippen LogP contribution in [0.1, 0.15) is 17.3 Å². The minimum atomic E-state index is -0.227. The molecule has 1 amide bonds. The maximum Gasteiger partial charge on any atom is 0.276 e. The number of rotatable bonds is 1. The summed E-state index contributed by atoms with van der Waals surface area (Å²) in [5.41, 5.74) is 0.568. The van der Waals surface area contributed by atoms with Gasteiger partial charge in [-0.3, -0.25) is 9.78 Å². The Morgan fingerprint density at radius 3 is 2.73 bits per heavy atom. The minimum absolute atomic E-state index is 0.227. The van der Waals surface area contributed by atoms with Crippen LogP contribution in [0.15, 0.2) is 29.5 Å². The van der Waals surface area contributed by atoms with Gasteiger partial charge in [0.15, 0.2) is 0 Å². The molecule has 1 aromatic heterocycles. The van der Waals surface area contributed by atoms with Gasteiger partial charge in [0.2, 0.25) is 0 Å². The Bertz CT molecular complexity index is 267. The monoisotopic (exact) mass is 148 g/mol. The van der Waals surface area contributed by atoms with E-state index in [-0.39, 0.29) is 5.91 Å². The molecule has 0 radical (unpaired) electrons. The second-order valence-corrected chi connectivity index (χ2v) is 1.93. The summed E-state index contributed by atoms with van der Waals surface area (Å²) in [7, 11) is 0. The Hall–Kier alpha value is -1.51. The number of nitrogens with zero attached hydrogens (tertiary/aromatic N) is 2. The molecule has 0 unspecified atom stereocenters. The Labute approximate surface area is 64.8 Å². The van der Waals surface area contributed by atoms with Crippen molar-refractivity contribution in [1.82, 2.24) is 4.98 Å². The van der Waals surface area contributed by atoms with Crippen LogP contribution in [-0.2, 0) is 0 Å². The van der Waals surface area contributed by atoms with Gasteiger partial charge in [-0.1, -0.05) is 0 Å². The maximum atomic E-state index is 11.0. The largest absolute Gasteiger partial charge is 0.276 e. The molecule has 56 valence electrons. The molecule has 0 spiro atoms. The number of hydrogen-bond acceptors (Lipinski definition) is 2. The molecule has 0 atom stereocenters. The fraction of sp³-hybridized carbons (Fsp3) is 0.125. The van der Waals surface area contributed by atoms with Crippen LogP contribution >= 0.6 is 0 Å². The second-order valence-electron chi connectivity index (χ2n) is 1.93. The van der Waals surface area contributed by atoms with E-state index in [0.717, 1.165) is 0 Å². The molecule has 0 aromatic carbocycles. The van der Waals surface area contributed by atoms with Gasteiger partial charge in [-0.25, -0.2) is 4.99 Å². The first-order chi connectivity index (χ1) is 5.34. The third-order valence-corrected chi connectivity index (χ3v) is 1.17. The predicted molar refractivity (Wildman–Crippen MR) is 42.7 cm³/mol. The molecule has 1 aromatic rings.